The molecule has 64 valence electrons. The van der Waals surface area contributed by atoms with Crippen molar-refractivity contribution in [1.82, 2.24) is 5.32 Å². The molecule has 0 aromatic rings. The fourth-order valence-corrected chi connectivity index (χ4v) is 1.03. The number of rotatable bonds is 4. The van der Waals surface area contributed by atoms with Crippen LogP contribution >= 0.6 is 20.0 Å². The summed E-state index contributed by atoms with van der Waals surface area (Å²) in [6.07, 6.45) is 0.509. The van der Waals surface area contributed by atoms with Crippen molar-refractivity contribution in [2.75, 3.05) is 19.8 Å². The molecular formula is C4H13ClNO3P. The Labute approximate surface area is 66.6 Å². The van der Waals surface area contributed by atoms with E-state index in [1.165, 1.54) is 0 Å². The smallest absolute Gasteiger partial charge is 0.324 e. The van der Waals surface area contributed by atoms with Crippen molar-refractivity contribution in [3.8, 4) is 0 Å². The highest BCUT2D eigenvalue weighted by atomic mass is 35.5. The largest absolute Gasteiger partial charge is 0.325 e. The topological polar surface area (TPSA) is 69.6 Å². The summed E-state index contributed by atoms with van der Waals surface area (Å²) in [6, 6.07) is 0. The van der Waals surface area contributed by atoms with Crippen molar-refractivity contribution in [3.05, 3.63) is 0 Å². The Kier molecular flexibility index (Phi) is 7.99. The molecule has 0 fully saturated rings. The highest BCUT2D eigenvalue weighted by Gasteiger charge is 2.10. The Morgan fingerprint density at radius 1 is 1.50 bits per heavy atom. The van der Waals surface area contributed by atoms with Crippen molar-refractivity contribution in [2.24, 2.45) is 0 Å². The Hall–Kier alpha value is 0.400. The molecule has 4 nitrogen and oxygen atoms in total. The Morgan fingerprint density at radius 2 is 2.00 bits per heavy atom. The first-order valence-corrected chi connectivity index (χ1v) is 4.55. The van der Waals surface area contributed by atoms with Crippen molar-refractivity contribution >= 4 is 20.0 Å². The van der Waals surface area contributed by atoms with Crippen LogP contribution in [-0.4, -0.2) is 29.5 Å². The monoisotopic (exact) mass is 189 g/mol. The third kappa shape index (κ3) is 11.2. The molecule has 0 aliphatic heterocycles. The lowest BCUT2D eigenvalue weighted by atomic mass is 10.5. The summed E-state index contributed by atoms with van der Waals surface area (Å²) in [4.78, 5) is 16.7. The molecule has 0 saturated heterocycles. The number of hydrogen-bond donors (Lipinski definition) is 3. The minimum absolute atomic E-state index is 0. The Balaban J connectivity index is 0. The van der Waals surface area contributed by atoms with Crippen LogP contribution in [0.1, 0.15) is 6.42 Å². The highest BCUT2D eigenvalue weighted by molar-refractivity contribution is 7.51. The molecule has 6 heteroatoms. The molecule has 0 spiro atoms. The van der Waals surface area contributed by atoms with Gasteiger partial charge in [-0.05, 0) is 20.0 Å². The number of halogens is 1. The van der Waals surface area contributed by atoms with E-state index in [2.05, 4.69) is 5.32 Å². The summed E-state index contributed by atoms with van der Waals surface area (Å²) in [7, 11) is -1.99. The maximum absolute atomic E-state index is 10.2. The van der Waals surface area contributed by atoms with Gasteiger partial charge in [0.05, 0.1) is 6.16 Å². The average molecular weight is 190 g/mol. The Bertz CT molecular complexity index is 115. The zero-order valence-electron chi connectivity index (χ0n) is 5.78. The third-order valence-corrected chi connectivity index (χ3v) is 1.77. The van der Waals surface area contributed by atoms with Crippen LogP contribution < -0.4 is 5.32 Å². The van der Waals surface area contributed by atoms with E-state index in [-0.39, 0.29) is 18.6 Å². The summed E-state index contributed by atoms with van der Waals surface area (Å²) in [5.41, 5.74) is 0. The van der Waals surface area contributed by atoms with Gasteiger partial charge in [0.15, 0.2) is 0 Å². The van der Waals surface area contributed by atoms with E-state index in [9.17, 15) is 4.57 Å². The highest BCUT2D eigenvalue weighted by Crippen LogP contribution is 2.34. The van der Waals surface area contributed by atoms with Gasteiger partial charge in [-0.3, -0.25) is 4.57 Å². The minimum Gasteiger partial charge on any atom is -0.324 e. The summed E-state index contributed by atoms with van der Waals surface area (Å²) >= 11 is 0. The fraction of sp³-hybridized carbons (Fsp3) is 1.00. The van der Waals surface area contributed by atoms with Gasteiger partial charge in [-0.15, -0.1) is 12.4 Å². The first-order valence-electron chi connectivity index (χ1n) is 2.75. The SMILES string of the molecule is CNCCCP(=O)(O)O.Cl. The predicted octanol–water partition coefficient (Wildman–Crippen LogP) is 0.195. The van der Waals surface area contributed by atoms with Crippen LogP contribution in [0.25, 0.3) is 0 Å². The summed E-state index contributed by atoms with van der Waals surface area (Å²) in [6.45, 7) is 0.658. The van der Waals surface area contributed by atoms with Crippen molar-refractivity contribution < 1.29 is 14.4 Å². The molecule has 0 rings (SSSR count). The molecule has 0 aliphatic rings. The summed E-state index contributed by atoms with van der Waals surface area (Å²) < 4.78 is 10.2. The molecule has 0 aromatic carbocycles. The van der Waals surface area contributed by atoms with E-state index < -0.39 is 7.60 Å². The van der Waals surface area contributed by atoms with Gasteiger partial charge >= 0.3 is 7.60 Å². The zero-order valence-corrected chi connectivity index (χ0v) is 7.49. The summed E-state index contributed by atoms with van der Waals surface area (Å²) in [5.74, 6) is 0. The van der Waals surface area contributed by atoms with E-state index in [4.69, 9.17) is 9.79 Å². The molecule has 0 unspecified atom stereocenters. The first kappa shape index (κ1) is 13.0. The number of nitrogens with one attached hydrogen (secondary N) is 1. The molecule has 0 bridgehead atoms. The average Bonchev–Trinajstić information content (AvgIpc) is 1.63. The zero-order chi connectivity index (χ0) is 7.33. The van der Waals surface area contributed by atoms with Gasteiger partial charge in [0.25, 0.3) is 0 Å². The van der Waals surface area contributed by atoms with Gasteiger partial charge in [-0.2, -0.15) is 0 Å². The molecule has 0 atom stereocenters. The van der Waals surface area contributed by atoms with E-state index in [1.54, 1.807) is 7.05 Å². The molecule has 3 N–H and O–H groups in total. The van der Waals surface area contributed by atoms with Gasteiger partial charge in [0.1, 0.15) is 0 Å². The van der Waals surface area contributed by atoms with Gasteiger partial charge < -0.3 is 15.1 Å². The van der Waals surface area contributed by atoms with Crippen molar-refractivity contribution in [2.45, 2.75) is 6.42 Å². The second-order valence-electron chi connectivity index (χ2n) is 1.85. The molecular weight excluding hydrogens is 176 g/mol. The standard InChI is InChI=1S/C4H12NO3P.ClH/c1-5-3-2-4-9(6,7)8;/h5H,2-4H2,1H3,(H2,6,7,8);1H. The van der Waals surface area contributed by atoms with E-state index in [1.807, 2.05) is 0 Å². The normalized spacial score (nSPS) is 10.7. The van der Waals surface area contributed by atoms with Crippen LogP contribution in [0.3, 0.4) is 0 Å². The second kappa shape index (κ2) is 6.13. The van der Waals surface area contributed by atoms with Gasteiger partial charge in [-0.1, -0.05) is 0 Å². The van der Waals surface area contributed by atoms with Gasteiger partial charge in [-0.25, -0.2) is 0 Å². The molecule has 10 heavy (non-hydrogen) atoms. The van der Waals surface area contributed by atoms with Crippen LogP contribution in [0.4, 0.5) is 0 Å². The fourth-order valence-electron chi connectivity index (χ4n) is 0.462. The lowest BCUT2D eigenvalue weighted by molar-refractivity contribution is 0.371. The van der Waals surface area contributed by atoms with Crippen LogP contribution in [0.2, 0.25) is 0 Å². The van der Waals surface area contributed by atoms with E-state index in [0.29, 0.717) is 13.0 Å². The lowest BCUT2D eigenvalue weighted by Gasteiger charge is -2.01. The maximum atomic E-state index is 10.2. The van der Waals surface area contributed by atoms with E-state index in [0.717, 1.165) is 0 Å². The first-order chi connectivity index (χ1) is 4.06. The lowest BCUT2D eigenvalue weighted by Crippen LogP contribution is -2.09. The van der Waals surface area contributed by atoms with Crippen LogP contribution in [0.5, 0.6) is 0 Å². The number of hydrogen-bond acceptors (Lipinski definition) is 2. The molecule has 0 amide bonds. The van der Waals surface area contributed by atoms with Gasteiger partial charge in [0, 0.05) is 0 Å². The van der Waals surface area contributed by atoms with Crippen LogP contribution in [0.15, 0.2) is 0 Å². The van der Waals surface area contributed by atoms with Crippen molar-refractivity contribution in [3.63, 3.8) is 0 Å². The van der Waals surface area contributed by atoms with E-state index >= 15 is 0 Å². The molecule has 0 heterocycles. The maximum Gasteiger partial charge on any atom is 0.325 e. The Morgan fingerprint density at radius 3 is 2.30 bits per heavy atom. The second-order valence-corrected chi connectivity index (χ2v) is 3.62. The molecule has 0 aromatic heterocycles. The molecule has 0 saturated carbocycles. The third-order valence-electron chi connectivity index (χ3n) is 0.876. The summed E-state index contributed by atoms with van der Waals surface area (Å²) in [5, 5.41) is 2.80. The van der Waals surface area contributed by atoms with Crippen molar-refractivity contribution in [1.29, 1.82) is 0 Å². The van der Waals surface area contributed by atoms with Crippen LogP contribution in [-0.2, 0) is 4.57 Å². The van der Waals surface area contributed by atoms with Gasteiger partial charge in [0.2, 0.25) is 0 Å². The molecule has 0 radical (unpaired) electrons. The predicted molar refractivity (Wildman–Crippen MR) is 42.7 cm³/mol. The van der Waals surface area contributed by atoms with Crippen LogP contribution in [0, 0.1) is 0 Å². The minimum atomic E-state index is -3.74. The molecule has 0 aliphatic carbocycles. The quantitative estimate of drug-likeness (QED) is 0.436.